The third-order valence-electron chi connectivity index (χ3n) is 5.13. The van der Waals surface area contributed by atoms with Crippen LogP contribution in [0.4, 0.5) is 5.69 Å². The van der Waals surface area contributed by atoms with Crippen molar-refractivity contribution in [1.29, 1.82) is 0 Å². The molecule has 4 rings (SSSR count). The largest absolute Gasteiger partial charge is 0.497 e. The molecule has 0 bridgehead atoms. The van der Waals surface area contributed by atoms with E-state index in [4.69, 9.17) is 4.74 Å². The van der Waals surface area contributed by atoms with Crippen molar-refractivity contribution in [1.82, 2.24) is 24.9 Å². The van der Waals surface area contributed by atoms with E-state index in [0.717, 1.165) is 37.2 Å². The van der Waals surface area contributed by atoms with Crippen molar-refractivity contribution < 1.29 is 9.53 Å². The van der Waals surface area contributed by atoms with Crippen molar-refractivity contribution >= 4 is 11.6 Å². The molecule has 1 aromatic carbocycles. The molecular weight excluding hydrogens is 356 g/mol. The van der Waals surface area contributed by atoms with Gasteiger partial charge >= 0.3 is 0 Å². The average molecular weight is 380 g/mol. The standard InChI is InChI=1S/C20H24N6O2/c1-25-9-7-16(8-10-25)26-13-15(12-21-26)22-20(27)19-11-18(23-24-19)14-3-5-17(28-2)6-4-14/h3-6,11-13,16H,7-10H2,1-2H3,(H,22,27)(H,23,24). The Balaban J connectivity index is 1.41. The van der Waals surface area contributed by atoms with Crippen molar-refractivity contribution in [2.24, 2.45) is 0 Å². The van der Waals surface area contributed by atoms with Crippen LogP contribution >= 0.6 is 0 Å². The van der Waals surface area contributed by atoms with Gasteiger partial charge in [-0.2, -0.15) is 10.2 Å². The highest BCUT2D eigenvalue weighted by Crippen LogP contribution is 2.23. The number of aromatic nitrogens is 4. The predicted octanol–water partition coefficient (Wildman–Crippen LogP) is 2.80. The quantitative estimate of drug-likeness (QED) is 0.711. The minimum Gasteiger partial charge on any atom is -0.497 e. The number of hydrogen-bond donors (Lipinski definition) is 2. The number of amides is 1. The summed E-state index contributed by atoms with van der Waals surface area (Å²) >= 11 is 0. The minimum absolute atomic E-state index is 0.241. The lowest BCUT2D eigenvalue weighted by atomic mass is 10.1. The first-order valence-electron chi connectivity index (χ1n) is 9.36. The molecular formula is C20H24N6O2. The van der Waals surface area contributed by atoms with Crippen molar-refractivity contribution in [2.45, 2.75) is 18.9 Å². The van der Waals surface area contributed by atoms with Gasteiger partial charge in [-0.05, 0) is 63.3 Å². The molecule has 3 aromatic rings. The van der Waals surface area contributed by atoms with E-state index in [1.165, 1.54) is 0 Å². The molecule has 8 nitrogen and oxygen atoms in total. The molecule has 2 aromatic heterocycles. The summed E-state index contributed by atoms with van der Waals surface area (Å²) in [6, 6.07) is 9.65. The number of likely N-dealkylation sites (tertiary alicyclic amines) is 1. The Morgan fingerprint density at radius 2 is 2.00 bits per heavy atom. The normalized spacial score (nSPS) is 15.5. The summed E-state index contributed by atoms with van der Waals surface area (Å²) in [5, 5.41) is 14.4. The molecule has 1 saturated heterocycles. The number of piperidine rings is 1. The van der Waals surface area contributed by atoms with Crippen LogP contribution in [0.3, 0.4) is 0 Å². The van der Waals surface area contributed by atoms with E-state index in [9.17, 15) is 4.79 Å². The van der Waals surface area contributed by atoms with Crippen molar-refractivity contribution in [2.75, 3.05) is 32.6 Å². The van der Waals surface area contributed by atoms with Gasteiger partial charge in [0, 0.05) is 11.8 Å². The van der Waals surface area contributed by atoms with Gasteiger partial charge in [-0.15, -0.1) is 0 Å². The van der Waals surface area contributed by atoms with Gasteiger partial charge in [-0.25, -0.2) is 0 Å². The van der Waals surface area contributed by atoms with Crippen LogP contribution in [0.1, 0.15) is 29.4 Å². The highest BCUT2D eigenvalue weighted by Gasteiger charge is 2.19. The lowest BCUT2D eigenvalue weighted by molar-refractivity contribution is 0.102. The van der Waals surface area contributed by atoms with Crippen molar-refractivity contribution in [3.8, 4) is 17.0 Å². The summed E-state index contributed by atoms with van der Waals surface area (Å²) in [5.74, 6) is 0.536. The molecule has 1 aliphatic rings. The minimum atomic E-state index is -0.241. The number of hydrogen-bond acceptors (Lipinski definition) is 5. The maximum absolute atomic E-state index is 12.5. The third kappa shape index (κ3) is 3.91. The SMILES string of the molecule is COc1ccc(-c2cc(C(=O)Nc3cnn(C4CCN(C)CC4)c3)[nH]n2)cc1. The smallest absolute Gasteiger partial charge is 0.273 e. The zero-order valence-electron chi connectivity index (χ0n) is 16.1. The van der Waals surface area contributed by atoms with E-state index < -0.39 is 0 Å². The van der Waals surface area contributed by atoms with E-state index in [1.54, 1.807) is 19.4 Å². The van der Waals surface area contributed by atoms with Crippen molar-refractivity contribution in [3.05, 3.63) is 48.4 Å². The highest BCUT2D eigenvalue weighted by molar-refractivity contribution is 6.03. The summed E-state index contributed by atoms with van der Waals surface area (Å²) in [6.45, 7) is 2.13. The number of carbonyl (C=O) groups is 1. The second-order valence-corrected chi connectivity index (χ2v) is 7.09. The summed E-state index contributed by atoms with van der Waals surface area (Å²) in [7, 11) is 3.76. The van der Waals surface area contributed by atoms with Crippen LogP contribution in [0.15, 0.2) is 42.7 Å². The van der Waals surface area contributed by atoms with Crippen LogP contribution in [-0.2, 0) is 0 Å². The lowest BCUT2D eigenvalue weighted by Crippen LogP contribution is -2.31. The van der Waals surface area contributed by atoms with Crippen LogP contribution in [0.2, 0.25) is 0 Å². The molecule has 1 amide bonds. The molecule has 0 saturated carbocycles. The first-order chi connectivity index (χ1) is 13.6. The predicted molar refractivity (Wildman–Crippen MR) is 107 cm³/mol. The van der Waals surface area contributed by atoms with Gasteiger partial charge in [0.15, 0.2) is 0 Å². The van der Waals surface area contributed by atoms with E-state index in [0.29, 0.717) is 23.1 Å². The zero-order chi connectivity index (χ0) is 19.5. The molecule has 0 aliphatic carbocycles. The van der Waals surface area contributed by atoms with E-state index >= 15 is 0 Å². The number of aromatic amines is 1. The number of H-pyrrole nitrogens is 1. The number of benzene rings is 1. The van der Waals surface area contributed by atoms with Gasteiger partial charge in [-0.1, -0.05) is 0 Å². The maximum atomic E-state index is 12.5. The van der Waals surface area contributed by atoms with Gasteiger partial charge in [0.25, 0.3) is 5.91 Å². The van der Waals surface area contributed by atoms with Gasteiger partial charge in [0.2, 0.25) is 0 Å². The topological polar surface area (TPSA) is 88.1 Å². The molecule has 146 valence electrons. The number of anilines is 1. The first kappa shape index (κ1) is 18.2. The Kier molecular flexibility index (Phi) is 5.12. The van der Waals surface area contributed by atoms with Crippen LogP contribution in [0, 0.1) is 0 Å². The van der Waals surface area contributed by atoms with Gasteiger partial charge in [-0.3, -0.25) is 14.6 Å². The van der Waals surface area contributed by atoms with Crippen molar-refractivity contribution in [3.63, 3.8) is 0 Å². The fourth-order valence-corrected chi connectivity index (χ4v) is 3.41. The second-order valence-electron chi connectivity index (χ2n) is 7.09. The van der Waals surface area contributed by atoms with Gasteiger partial charge in [0.1, 0.15) is 11.4 Å². The lowest BCUT2D eigenvalue weighted by Gasteiger charge is -2.28. The van der Waals surface area contributed by atoms with E-state index in [-0.39, 0.29) is 5.91 Å². The van der Waals surface area contributed by atoms with Crippen LogP contribution in [0.25, 0.3) is 11.3 Å². The summed E-state index contributed by atoms with van der Waals surface area (Å²) in [4.78, 5) is 14.9. The summed E-state index contributed by atoms with van der Waals surface area (Å²) in [5.41, 5.74) is 2.70. The fourth-order valence-electron chi connectivity index (χ4n) is 3.41. The number of ether oxygens (including phenoxy) is 1. The average Bonchev–Trinajstić information content (AvgIpc) is 3.39. The molecule has 8 heteroatoms. The molecule has 3 heterocycles. The Labute approximate surface area is 163 Å². The van der Waals surface area contributed by atoms with Crippen LogP contribution in [-0.4, -0.2) is 58.0 Å². The number of rotatable bonds is 5. The van der Waals surface area contributed by atoms with E-state index in [2.05, 4.69) is 32.6 Å². The Bertz CT molecular complexity index is 938. The monoisotopic (exact) mass is 380 g/mol. The molecule has 0 radical (unpaired) electrons. The Morgan fingerprint density at radius 1 is 1.25 bits per heavy atom. The maximum Gasteiger partial charge on any atom is 0.273 e. The number of nitrogens with one attached hydrogen (secondary N) is 2. The first-order valence-corrected chi connectivity index (χ1v) is 9.36. The molecule has 1 fully saturated rings. The molecule has 1 aliphatic heterocycles. The zero-order valence-corrected chi connectivity index (χ0v) is 16.1. The molecule has 0 atom stereocenters. The molecule has 0 spiro atoms. The number of carbonyl (C=O) groups excluding carboxylic acids is 1. The number of nitrogens with zero attached hydrogens (tertiary/aromatic N) is 4. The van der Waals surface area contributed by atoms with Gasteiger partial charge in [0.05, 0.1) is 30.7 Å². The third-order valence-corrected chi connectivity index (χ3v) is 5.13. The number of methoxy groups -OCH3 is 1. The Morgan fingerprint density at radius 3 is 2.71 bits per heavy atom. The molecule has 28 heavy (non-hydrogen) atoms. The fraction of sp³-hybridized carbons (Fsp3) is 0.350. The second kappa shape index (κ2) is 7.85. The molecule has 0 unspecified atom stereocenters. The van der Waals surface area contributed by atoms with Gasteiger partial charge < -0.3 is 15.0 Å². The summed E-state index contributed by atoms with van der Waals surface area (Å²) < 4.78 is 7.12. The molecule has 2 N–H and O–H groups in total. The van der Waals surface area contributed by atoms with Crippen LogP contribution < -0.4 is 10.1 Å². The Hall–Kier alpha value is -3.13. The van der Waals surface area contributed by atoms with E-state index in [1.807, 2.05) is 35.1 Å². The highest BCUT2D eigenvalue weighted by atomic mass is 16.5. The summed E-state index contributed by atoms with van der Waals surface area (Å²) in [6.07, 6.45) is 5.72. The van der Waals surface area contributed by atoms with Crippen LogP contribution in [0.5, 0.6) is 5.75 Å².